The predicted molar refractivity (Wildman–Crippen MR) is 86.5 cm³/mol. The third-order valence-corrected chi connectivity index (χ3v) is 3.97. The molecular weight excluding hydrogens is 300 g/mol. The number of aryl methyl sites for hydroxylation is 3. The normalized spacial score (nSPS) is 11.1. The lowest BCUT2D eigenvalue weighted by molar-refractivity contribution is 0.101. The smallest absolute Gasteiger partial charge is 0.160 e. The van der Waals surface area contributed by atoms with E-state index in [1.165, 1.54) is 0 Å². The van der Waals surface area contributed by atoms with E-state index in [2.05, 4.69) is 10.1 Å². The van der Waals surface area contributed by atoms with Gasteiger partial charge in [-0.1, -0.05) is 16.8 Å². The Kier molecular flexibility index (Phi) is 3.49. The van der Waals surface area contributed by atoms with E-state index < -0.39 is 0 Å². The van der Waals surface area contributed by atoms with Crippen molar-refractivity contribution in [2.24, 2.45) is 0 Å². The molecule has 2 heterocycles. The Balaban J connectivity index is 2.37. The Morgan fingerprint density at radius 3 is 2.50 bits per heavy atom. The molecule has 112 valence electrons. The van der Waals surface area contributed by atoms with Crippen molar-refractivity contribution in [1.82, 2.24) is 10.1 Å². The number of carbonyl (C=O) groups is 1. The van der Waals surface area contributed by atoms with Crippen LogP contribution in [0.3, 0.4) is 0 Å². The fourth-order valence-electron chi connectivity index (χ4n) is 2.68. The molecule has 0 saturated heterocycles. The van der Waals surface area contributed by atoms with Gasteiger partial charge in [-0.15, -0.1) is 0 Å². The van der Waals surface area contributed by atoms with E-state index in [0.717, 1.165) is 27.7 Å². The van der Waals surface area contributed by atoms with Crippen LogP contribution < -0.4 is 0 Å². The van der Waals surface area contributed by atoms with Crippen molar-refractivity contribution < 1.29 is 9.32 Å². The molecule has 22 heavy (non-hydrogen) atoms. The number of halogens is 1. The second-order valence-electron chi connectivity index (χ2n) is 5.45. The van der Waals surface area contributed by atoms with Crippen molar-refractivity contribution in [1.29, 1.82) is 0 Å². The SMILES string of the molecule is CC(=O)c1cc(C)cc2nc(-c3c(C)noc3C)c(Cl)cc12. The van der Waals surface area contributed by atoms with E-state index in [-0.39, 0.29) is 5.78 Å². The highest BCUT2D eigenvalue weighted by Crippen LogP contribution is 2.34. The average Bonchev–Trinajstić information content (AvgIpc) is 2.77. The van der Waals surface area contributed by atoms with Crippen LogP contribution in [0.15, 0.2) is 22.7 Å². The Bertz CT molecular complexity index is 893. The van der Waals surface area contributed by atoms with E-state index in [9.17, 15) is 4.79 Å². The van der Waals surface area contributed by atoms with Gasteiger partial charge in [0.2, 0.25) is 0 Å². The average molecular weight is 315 g/mol. The molecule has 0 unspecified atom stereocenters. The van der Waals surface area contributed by atoms with Crippen molar-refractivity contribution >= 4 is 28.3 Å². The second-order valence-corrected chi connectivity index (χ2v) is 5.86. The highest BCUT2D eigenvalue weighted by Gasteiger charge is 2.18. The second kappa shape index (κ2) is 5.21. The highest BCUT2D eigenvalue weighted by atomic mass is 35.5. The predicted octanol–water partition coefficient (Wildman–Crippen LogP) is 4.67. The van der Waals surface area contributed by atoms with Crippen LogP contribution in [0.25, 0.3) is 22.2 Å². The van der Waals surface area contributed by atoms with E-state index in [1.807, 2.05) is 32.9 Å². The number of nitrogens with zero attached hydrogens (tertiary/aromatic N) is 2. The maximum absolute atomic E-state index is 11.8. The molecule has 3 rings (SSSR count). The third kappa shape index (κ3) is 2.29. The standard InChI is InChI=1S/C17H15ClN2O2/c1-8-5-12(10(3)21)13-7-14(18)17(19-15(13)6-8)16-9(2)20-22-11(16)4/h5-7H,1-4H3. The van der Waals surface area contributed by atoms with Gasteiger partial charge >= 0.3 is 0 Å². The number of rotatable bonds is 2. The first-order chi connectivity index (χ1) is 10.4. The molecule has 0 bridgehead atoms. The van der Waals surface area contributed by atoms with Gasteiger partial charge in [-0.3, -0.25) is 4.79 Å². The fourth-order valence-corrected chi connectivity index (χ4v) is 2.93. The molecule has 3 aromatic rings. The lowest BCUT2D eigenvalue weighted by Gasteiger charge is -2.09. The summed E-state index contributed by atoms with van der Waals surface area (Å²) in [4.78, 5) is 16.5. The summed E-state index contributed by atoms with van der Waals surface area (Å²) in [5.41, 5.74) is 4.53. The molecule has 0 saturated carbocycles. The minimum atomic E-state index is -0.00310. The lowest BCUT2D eigenvalue weighted by Crippen LogP contribution is -1.98. The first kappa shape index (κ1) is 14.7. The minimum Gasteiger partial charge on any atom is -0.361 e. The van der Waals surface area contributed by atoms with Crippen molar-refractivity contribution in [3.8, 4) is 11.3 Å². The lowest BCUT2D eigenvalue weighted by atomic mass is 10.0. The largest absolute Gasteiger partial charge is 0.361 e. The van der Waals surface area contributed by atoms with Crippen LogP contribution in [0.2, 0.25) is 5.02 Å². The highest BCUT2D eigenvalue weighted by molar-refractivity contribution is 6.34. The van der Waals surface area contributed by atoms with Crippen molar-refractivity contribution in [3.05, 3.63) is 45.8 Å². The zero-order valence-corrected chi connectivity index (χ0v) is 13.6. The molecule has 0 fully saturated rings. The van der Waals surface area contributed by atoms with Crippen molar-refractivity contribution in [3.63, 3.8) is 0 Å². The summed E-state index contributed by atoms with van der Waals surface area (Å²) in [6, 6.07) is 5.60. The molecule has 0 aliphatic carbocycles. The van der Waals surface area contributed by atoms with Crippen molar-refractivity contribution in [2.45, 2.75) is 27.7 Å². The number of fused-ring (bicyclic) bond motifs is 1. The molecule has 4 nitrogen and oxygen atoms in total. The Labute approximate surface area is 133 Å². The van der Waals surface area contributed by atoms with Crippen LogP contribution in [0, 0.1) is 20.8 Å². The van der Waals surface area contributed by atoms with Gasteiger partial charge in [0.05, 0.1) is 27.5 Å². The number of Topliss-reactive ketones (excluding diaryl/α,β-unsaturated/α-hetero) is 1. The third-order valence-electron chi connectivity index (χ3n) is 3.68. The molecule has 1 aromatic carbocycles. The van der Waals surface area contributed by atoms with Gasteiger partial charge in [0.25, 0.3) is 0 Å². The molecule has 0 aliphatic rings. The van der Waals surface area contributed by atoms with Crippen LogP contribution in [-0.2, 0) is 0 Å². The minimum absolute atomic E-state index is 0.00310. The summed E-state index contributed by atoms with van der Waals surface area (Å²) in [5, 5.41) is 5.19. The number of ketones is 1. The molecule has 2 aromatic heterocycles. The molecular formula is C17H15ClN2O2. The molecule has 0 N–H and O–H groups in total. The fraction of sp³-hybridized carbons (Fsp3) is 0.235. The van der Waals surface area contributed by atoms with Crippen LogP contribution in [0.4, 0.5) is 0 Å². The van der Waals surface area contributed by atoms with Gasteiger partial charge in [0, 0.05) is 10.9 Å². The van der Waals surface area contributed by atoms with Gasteiger partial charge in [-0.2, -0.15) is 0 Å². The van der Waals surface area contributed by atoms with Crippen molar-refractivity contribution in [2.75, 3.05) is 0 Å². The monoisotopic (exact) mass is 314 g/mol. The number of aromatic nitrogens is 2. The summed E-state index contributed by atoms with van der Waals surface area (Å²) in [6.45, 7) is 7.17. The van der Waals surface area contributed by atoms with Gasteiger partial charge in [0.1, 0.15) is 5.76 Å². The van der Waals surface area contributed by atoms with Gasteiger partial charge in [-0.25, -0.2) is 4.98 Å². The zero-order chi connectivity index (χ0) is 16.0. The number of hydrogen-bond acceptors (Lipinski definition) is 4. The van der Waals surface area contributed by atoms with Crippen LogP contribution in [0.1, 0.15) is 34.3 Å². The Hall–Kier alpha value is -2.20. The summed E-state index contributed by atoms with van der Waals surface area (Å²) in [7, 11) is 0. The molecule has 5 heteroatoms. The van der Waals surface area contributed by atoms with E-state index in [4.69, 9.17) is 16.1 Å². The van der Waals surface area contributed by atoms with Crippen LogP contribution in [0.5, 0.6) is 0 Å². The van der Waals surface area contributed by atoms with E-state index in [0.29, 0.717) is 22.0 Å². The van der Waals surface area contributed by atoms with Gasteiger partial charge in [-0.05, 0) is 51.5 Å². The maximum atomic E-state index is 11.8. The summed E-state index contributed by atoms with van der Waals surface area (Å²) in [5.74, 6) is 0.669. The number of benzene rings is 1. The molecule has 0 amide bonds. The molecule has 0 atom stereocenters. The summed E-state index contributed by atoms with van der Waals surface area (Å²) >= 11 is 6.41. The van der Waals surface area contributed by atoms with E-state index in [1.54, 1.807) is 13.0 Å². The number of pyridine rings is 1. The van der Waals surface area contributed by atoms with E-state index >= 15 is 0 Å². The van der Waals surface area contributed by atoms with Crippen LogP contribution >= 0.6 is 11.6 Å². The molecule has 0 spiro atoms. The van der Waals surface area contributed by atoms with Crippen LogP contribution in [-0.4, -0.2) is 15.9 Å². The maximum Gasteiger partial charge on any atom is 0.160 e. The first-order valence-electron chi connectivity index (χ1n) is 6.93. The Morgan fingerprint density at radius 1 is 1.18 bits per heavy atom. The number of carbonyl (C=O) groups excluding carboxylic acids is 1. The molecule has 0 radical (unpaired) electrons. The zero-order valence-electron chi connectivity index (χ0n) is 12.8. The summed E-state index contributed by atoms with van der Waals surface area (Å²) < 4.78 is 5.20. The van der Waals surface area contributed by atoms with Gasteiger partial charge in [0.15, 0.2) is 5.78 Å². The quantitative estimate of drug-likeness (QED) is 0.645. The first-order valence-corrected chi connectivity index (χ1v) is 7.31. The number of hydrogen-bond donors (Lipinski definition) is 0. The Morgan fingerprint density at radius 2 is 1.91 bits per heavy atom. The summed E-state index contributed by atoms with van der Waals surface area (Å²) in [6.07, 6.45) is 0. The topological polar surface area (TPSA) is 56.0 Å². The molecule has 0 aliphatic heterocycles. The van der Waals surface area contributed by atoms with Gasteiger partial charge < -0.3 is 4.52 Å².